The highest BCUT2D eigenvalue weighted by molar-refractivity contribution is 7.89. The number of ether oxygens (including phenoxy) is 1. The highest BCUT2D eigenvalue weighted by Crippen LogP contribution is 2.27. The first-order valence-electron chi connectivity index (χ1n) is 8.55. The number of alkyl halides is 3. The summed E-state index contributed by atoms with van der Waals surface area (Å²) in [7, 11) is -4.18. The lowest BCUT2D eigenvalue weighted by Gasteiger charge is -2.25. The van der Waals surface area contributed by atoms with Crippen LogP contribution in [0.1, 0.15) is 17.2 Å². The van der Waals surface area contributed by atoms with E-state index in [4.69, 9.17) is 5.21 Å². The first kappa shape index (κ1) is 24.0. The van der Waals surface area contributed by atoms with E-state index in [9.17, 15) is 26.4 Å². The van der Waals surface area contributed by atoms with Crippen LogP contribution in [0.4, 0.5) is 13.2 Å². The van der Waals surface area contributed by atoms with Gasteiger partial charge in [0.25, 0.3) is 0 Å². The van der Waals surface area contributed by atoms with E-state index in [1.165, 1.54) is 5.48 Å². The molecule has 2 rings (SSSR count). The van der Waals surface area contributed by atoms with Crippen LogP contribution in [-0.2, 0) is 14.8 Å². The minimum Gasteiger partial charge on any atom is -0.406 e. The number of hydroxylamine groups is 1. The average Bonchev–Trinajstić information content (AvgIpc) is 2.70. The van der Waals surface area contributed by atoms with Crippen LogP contribution < -0.4 is 10.2 Å². The zero-order chi connectivity index (χ0) is 22.4. The Kier molecular flexibility index (Phi) is 8.12. The van der Waals surface area contributed by atoms with E-state index in [0.29, 0.717) is 0 Å². The summed E-state index contributed by atoms with van der Waals surface area (Å²) >= 11 is 4.43. The maximum Gasteiger partial charge on any atom is 0.573 e. The minimum atomic E-state index is -4.90. The van der Waals surface area contributed by atoms with Crippen molar-refractivity contribution >= 4 is 28.6 Å². The van der Waals surface area contributed by atoms with Crippen LogP contribution in [-0.4, -0.2) is 43.3 Å². The van der Waals surface area contributed by atoms with Gasteiger partial charge in [-0.25, -0.2) is 13.9 Å². The Morgan fingerprint density at radius 1 is 1.13 bits per heavy atom. The number of hydrogen-bond donors (Lipinski definition) is 3. The largest absolute Gasteiger partial charge is 0.573 e. The van der Waals surface area contributed by atoms with Crippen LogP contribution in [0, 0.1) is 0 Å². The standard InChI is InChI=1S/C18H19F3N2O5S2/c19-18(20,21)28-14-6-8-15(9-7-14)30(26,27)23(11-10-17(24)22-25)12-16(29)13-4-2-1-3-5-13/h1-9,16,25,29H,10-12H2,(H,22,24). The molecule has 0 aromatic heterocycles. The lowest BCUT2D eigenvalue weighted by molar-refractivity contribution is -0.274. The Hall–Kier alpha value is -2.28. The summed E-state index contributed by atoms with van der Waals surface area (Å²) in [5.41, 5.74) is 2.16. The van der Waals surface area contributed by atoms with Crippen LogP contribution in [0.3, 0.4) is 0 Å². The van der Waals surface area contributed by atoms with Gasteiger partial charge in [-0.2, -0.15) is 16.9 Å². The Bertz CT molecular complexity index is 939. The molecule has 0 spiro atoms. The minimum absolute atomic E-state index is 0.116. The van der Waals surface area contributed by atoms with Crippen molar-refractivity contribution in [1.82, 2.24) is 9.79 Å². The molecule has 0 saturated carbocycles. The van der Waals surface area contributed by atoms with Gasteiger partial charge >= 0.3 is 6.36 Å². The molecule has 30 heavy (non-hydrogen) atoms. The predicted octanol–water partition coefficient (Wildman–Crippen LogP) is 3.14. The van der Waals surface area contributed by atoms with Crippen molar-refractivity contribution in [1.29, 1.82) is 0 Å². The van der Waals surface area contributed by atoms with E-state index in [1.807, 2.05) is 0 Å². The van der Waals surface area contributed by atoms with E-state index in [-0.39, 0.29) is 24.4 Å². The predicted molar refractivity (Wildman–Crippen MR) is 105 cm³/mol. The summed E-state index contributed by atoms with van der Waals surface area (Å²) in [6.07, 6.45) is -5.24. The SMILES string of the molecule is O=C(CCN(CC(S)c1ccccc1)S(=O)(=O)c1ccc(OC(F)(F)F)cc1)NO. The van der Waals surface area contributed by atoms with Crippen LogP contribution in [0.5, 0.6) is 5.75 Å². The van der Waals surface area contributed by atoms with E-state index < -0.39 is 33.3 Å². The van der Waals surface area contributed by atoms with Crippen LogP contribution >= 0.6 is 12.6 Å². The third-order valence-electron chi connectivity index (χ3n) is 3.97. The molecule has 0 fully saturated rings. The van der Waals surface area contributed by atoms with Gasteiger partial charge in [0.15, 0.2) is 0 Å². The maximum atomic E-state index is 13.0. The first-order chi connectivity index (χ1) is 14.0. The summed E-state index contributed by atoms with van der Waals surface area (Å²) in [5, 5.41) is 8.13. The fourth-order valence-electron chi connectivity index (χ4n) is 2.53. The Balaban J connectivity index is 2.27. The van der Waals surface area contributed by atoms with Gasteiger partial charge in [-0.3, -0.25) is 10.0 Å². The number of thiol groups is 1. The molecule has 1 amide bonds. The van der Waals surface area contributed by atoms with E-state index in [1.54, 1.807) is 30.3 Å². The van der Waals surface area contributed by atoms with Crippen molar-refractivity contribution in [2.45, 2.75) is 22.9 Å². The van der Waals surface area contributed by atoms with Crippen molar-refractivity contribution in [3.05, 3.63) is 60.2 Å². The van der Waals surface area contributed by atoms with E-state index >= 15 is 0 Å². The first-order valence-corrected chi connectivity index (χ1v) is 10.5. The number of hydrogen-bond acceptors (Lipinski definition) is 6. The number of carbonyl (C=O) groups is 1. The molecule has 0 saturated heterocycles. The number of nitrogens with zero attached hydrogens (tertiary/aromatic N) is 1. The fraction of sp³-hybridized carbons (Fsp3) is 0.278. The molecule has 0 bridgehead atoms. The normalized spacial score (nSPS) is 13.1. The monoisotopic (exact) mass is 464 g/mol. The quantitative estimate of drug-likeness (QED) is 0.301. The molecule has 0 radical (unpaired) electrons. The highest BCUT2D eigenvalue weighted by atomic mass is 32.2. The average molecular weight is 464 g/mol. The third kappa shape index (κ3) is 6.90. The van der Waals surface area contributed by atoms with Gasteiger partial charge in [0.2, 0.25) is 15.9 Å². The Morgan fingerprint density at radius 2 is 1.73 bits per heavy atom. The smallest absolute Gasteiger partial charge is 0.406 e. The molecule has 7 nitrogen and oxygen atoms in total. The van der Waals surface area contributed by atoms with Gasteiger partial charge in [0.05, 0.1) is 4.90 Å². The van der Waals surface area contributed by atoms with Gasteiger partial charge in [0, 0.05) is 24.8 Å². The number of amides is 1. The number of sulfonamides is 1. The number of halogens is 3. The summed E-state index contributed by atoms with van der Waals surface area (Å²) in [5.74, 6) is -1.36. The van der Waals surface area contributed by atoms with Crippen LogP contribution in [0.2, 0.25) is 0 Å². The number of rotatable bonds is 9. The molecule has 2 aromatic carbocycles. The Morgan fingerprint density at radius 3 is 2.27 bits per heavy atom. The van der Waals surface area contributed by atoms with Gasteiger partial charge in [-0.1, -0.05) is 30.3 Å². The van der Waals surface area contributed by atoms with Gasteiger partial charge in [-0.05, 0) is 29.8 Å². The third-order valence-corrected chi connectivity index (χ3v) is 6.31. The maximum absolute atomic E-state index is 13.0. The molecule has 164 valence electrons. The zero-order valence-electron chi connectivity index (χ0n) is 15.4. The second-order valence-electron chi connectivity index (χ2n) is 6.09. The summed E-state index contributed by atoms with van der Waals surface area (Å²) < 4.78 is 67.7. The summed E-state index contributed by atoms with van der Waals surface area (Å²) in [6.45, 7) is -0.394. The molecule has 0 aliphatic carbocycles. The van der Waals surface area contributed by atoms with Gasteiger partial charge < -0.3 is 4.74 Å². The number of carbonyl (C=O) groups excluding carboxylic acids is 1. The van der Waals surface area contributed by atoms with Crippen molar-refractivity contribution in [3.8, 4) is 5.75 Å². The fourth-order valence-corrected chi connectivity index (χ4v) is 4.46. The lowest BCUT2D eigenvalue weighted by atomic mass is 10.1. The van der Waals surface area contributed by atoms with Crippen LogP contribution in [0.15, 0.2) is 59.5 Å². The number of nitrogens with one attached hydrogen (secondary N) is 1. The summed E-state index contributed by atoms with van der Waals surface area (Å²) in [6, 6.07) is 12.5. The molecule has 2 aromatic rings. The molecule has 0 aliphatic heterocycles. The summed E-state index contributed by atoms with van der Waals surface area (Å²) in [4.78, 5) is 11.1. The second-order valence-corrected chi connectivity index (χ2v) is 8.66. The topological polar surface area (TPSA) is 95.9 Å². The second kappa shape index (κ2) is 10.2. The molecule has 1 atom stereocenters. The number of benzene rings is 2. The highest BCUT2D eigenvalue weighted by Gasteiger charge is 2.32. The van der Waals surface area contributed by atoms with Gasteiger partial charge in [0.1, 0.15) is 5.75 Å². The van der Waals surface area contributed by atoms with E-state index in [2.05, 4.69) is 17.4 Å². The lowest BCUT2D eigenvalue weighted by Crippen LogP contribution is -2.37. The molecule has 0 aliphatic rings. The van der Waals surface area contributed by atoms with Crippen molar-refractivity contribution in [3.63, 3.8) is 0 Å². The van der Waals surface area contributed by atoms with Crippen molar-refractivity contribution in [2.24, 2.45) is 0 Å². The van der Waals surface area contributed by atoms with Gasteiger partial charge in [-0.15, -0.1) is 13.2 Å². The molecule has 0 heterocycles. The Labute approximate surface area is 176 Å². The molecular formula is C18H19F3N2O5S2. The van der Waals surface area contributed by atoms with E-state index in [0.717, 1.165) is 34.1 Å². The van der Waals surface area contributed by atoms with Crippen molar-refractivity contribution < 1.29 is 36.3 Å². The van der Waals surface area contributed by atoms with Crippen molar-refractivity contribution in [2.75, 3.05) is 13.1 Å². The van der Waals surface area contributed by atoms with Crippen LogP contribution in [0.25, 0.3) is 0 Å². The molecular weight excluding hydrogens is 445 g/mol. The molecule has 1 unspecified atom stereocenters. The molecule has 12 heteroatoms. The zero-order valence-corrected chi connectivity index (χ0v) is 17.1. The molecule has 2 N–H and O–H groups in total.